The molecule has 1 atom stereocenters. The van der Waals surface area contributed by atoms with Gasteiger partial charge < -0.3 is 15.5 Å². The minimum absolute atomic E-state index is 0.773. The van der Waals surface area contributed by atoms with E-state index in [0.717, 1.165) is 30.9 Å². The van der Waals surface area contributed by atoms with E-state index in [9.17, 15) is 0 Å². The molecule has 1 unspecified atom stereocenters. The Labute approximate surface area is 125 Å². The first-order chi connectivity index (χ1) is 9.65. The van der Waals surface area contributed by atoms with Crippen LogP contribution in [0.4, 0.5) is 0 Å². The Bertz CT molecular complexity index is 276. The number of unbranched alkanes of at least 4 members (excludes halogenated alkanes) is 1. The van der Waals surface area contributed by atoms with E-state index in [-0.39, 0.29) is 0 Å². The molecule has 1 fully saturated rings. The zero-order chi connectivity index (χ0) is 14.8. The van der Waals surface area contributed by atoms with Gasteiger partial charge in [0, 0.05) is 26.7 Å². The second-order valence-electron chi connectivity index (χ2n) is 6.32. The van der Waals surface area contributed by atoms with Gasteiger partial charge in [-0.1, -0.05) is 33.6 Å². The summed E-state index contributed by atoms with van der Waals surface area (Å²) in [6, 6.07) is 0. The van der Waals surface area contributed by atoms with Crippen LogP contribution in [0.5, 0.6) is 0 Å². The number of nitrogens with one attached hydrogen (secondary N) is 2. The highest BCUT2D eigenvalue weighted by atomic mass is 15.2. The second kappa shape index (κ2) is 10.0. The van der Waals surface area contributed by atoms with Gasteiger partial charge in [-0.05, 0) is 37.8 Å². The third kappa shape index (κ3) is 7.13. The number of nitrogens with zero attached hydrogens (tertiary/aromatic N) is 2. The molecule has 1 aliphatic heterocycles. The van der Waals surface area contributed by atoms with E-state index in [2.05, 4.69) is 41.3 Å². The third-order valence-corrected chi connectivity index (χ3v) is 4.10. The van der Waals surface area contributed by atoms with Gasteiger partial charge in [0.15, 0.2) is 5.96 Å². The molecule has 4 heteroatoms. The molecule has 0 aromatic heterocycles. The van der Waals surface area contributed by atoms with Crippen molar-refractivity contribution >= 4 is 5.96 Å². The molecule has 0 amide bonds. The number of guanidine groups is 1. The fourth-order valence-corrected chi connectivity index (χ4v) is 2.71. The summed E-state index contributed by atoms with van der Waals surface area (Å²) in [5, 5.41) is 6.89. The molecule has 20 heavy (non-hydrogen) atoms. The maximum atomic E-state index is 4.30. The molecule has 0 saturated carbocycles. The molecule has 1 saturated heterocycles. The lowest BCUT2D eigenvalue weighted by Crippen LogP contribution is -2.40. The van der Waals surface area contributed by atoms with E-state index in [4.69, 9.17) is 0 Å². The molecule has 118 valence electrons. The van der Waals surface area contributed by atoms with Crippen LogP contribution in [0.15, 0.2) is 4.99 Å². The normalized spacial score (nSPS) is 20.6. The standard InChI is InChI=1S/C16H34N4/c1-5-20-11-9-15(13-20)12-19-16(17-4)18-10-7-6-8-14(2)3/h14-15H,5-13H2,1-4H3,(H2,17,18,19). The quantitative estimate of drug-likeness (QED) is 0.408. The highest BCUT2D eigenvalue weighted by Crippen LogP contribution is 2.14. The Morgan fingerprint density at radius 3 is 2.70 bits per heavy atom. The van der Waals surface area contributed by atoms with Gasteiger partial charge in [0.1, 0.15) is 0 Å². The molecule has 4 nitrogen and oxygen atoms in total. The molecule has 1 aliphatic rings. The van der Waals surface area contributed by atoms with Crippen molar-refractivity contribution in [1.82, 2.24) is 15.5 Å². The van der Waals surface area contributed by atoms with Gasteiger partial charge >= 0.3 is 0 Å². The molecule has 0 aliphatic carbocycles. The van der Waals surface area contributed by atoms with Crippen LogP contribution in [0.25, 0.3) is 0 Å². The number of aliphatic imine (C=N–C) groups is 1. The van der Waals surface area contributed by atoms with Crippen molar-refractivity contribution in [2.24, 2.45) is 16.8 Å². The lowest BCUT2D eigenvalue weighted by Gasteiger charge is -2.16. The van der Waals surface area contributed by atoms with E-state index in [0.29, 0.717) is 0 Å². The summed E-state index contributed by atoms with van der Waals surface area (Å²) in [5.41, 5.74) is 0. The Balaban J connectivity index is 2.08. The fourth-order valence-electron chi connectivity index (χ4n) is 2.71. The first-order valence-corrected chi connectivity index (χ1v) is 8.32. The topological polar surface area (TPSA) is 39.7 Å². The maximum absolute atomic E-state index is 4.30. The third-order valence-electron chi connectivity index (χ3n) is 4.10. The Hall–Kier alpha value is -0.770. The smallest absolute Gasteiger partial charge is 0.190 e. The summed E-state index contributed by atoms with van der Waals surface area (Å²) in [6.45, 7) is 12.6. The molecular formula is C16H34N4. The van der Waals surface area contributed by atoms with Crippen LogP contribution in [-0.2, 0) is 0 Å². The van der Waals surface area contributed by atoms with Crippen molar-refractivity contribution in [3.63, 3.8) is 0 Å². The van der Waals surface area contributed by atoms with Crippen molar-refractivity contribution in [3.05, 3.63) is 0 Å². The number of hydrogen-bond acceptors (Lipinski definition) is 2. The summed E-state index contributed by atoms with van der Waals surface area (Å²) < 4.78 is 0. The molecule has 1 heterocycles. The minimum atomic E-state index is 0.773. The summed E-state index contributed by atoms with van der Waals surface area (Å²) in [4.78, 5) is 6.82. The van der Waals surface area contributed by atoms with Crippen molar-refractivity contribution in [3.8, 4) is 0 Å². The summed E-state index contributed by atoms with van der Waals surface area (Å²) in [6.07, 6.45) is 5.16. The lowest BCUT2D eigenvalue weighted by atomic mass is 10.1. The van der Waals surface area contributed by atoms with E-state index < -0.39 is 0 Å². The van der Waals surface area contributed by atoms with Gasteiger partial charge in [-0.15, -0.1) is 0 Å². The molecule has 0 aromatic carbocycles. The first kappa shape index (κ1) is 17.3. The van der Waals surface area contributed by atoms with E-state index in [1.807, 2.05) is 7.05 Å². The fraction of sp³-hybridized carbons (Fsp3) is 0.938. The van der Waals surface area contributed by atoms with E-state index in [1.165, 1.54) is 45.3 Å². The summed E-state index contributed by atoms with van der Waals surface area (Å²) >= 11 is 0. The number of likely N-dealkylation sites (tertiary alicyclic amines) is 1. The predicted molar refractivity (Wildman–Crippen MR) is 88.3 cm³/mol. The van der Waals surface area contributed by atoms with Crippen molar-refractivity contribution < 1.29 is 0 Å². The van der Waals surface area contributed by atoms with Crippen molar-refractivity contribution in [1.29, 1.82) is 0 Å². The Morgan fingerprint density at radius 1 is 1.30 bits per heavy atom. The van der Waals surface area contributed by atoms with Crippen LogP contribution in [0, 0.1) is 11.8 Å². The SMILES string of the molecule is CCN1CCC(CNC(=NC)NCCCCC(C)C)C1. The minimum Gasteiger partial charge on any atom is -0.356 e. The second-order valence-corrected chi connectivity index (χ2v) is 6.32. The van der Waals surface area contributed by atoms with Gasteiger partial charge in [0.2, 0.25) is 0 Å². The van der Waals surface area contributed by atoms with Crippen LogP contribution in [0.1, 0.15) is 46.5 Å². The van der Waals surface area contributed by atoms with Crippen LogP contribution in [-0.4, -0.2) is 50.6 Å². The van der Waals surface area contributed by atoms with E-state index in [1.54, 1.807) is 0 Å². The first-order valence-electron chi connectivity index (χ1n) is 8.32. The molecule has 0 radical (unpaired) electrons. The van der Waals surface area contributed by atoms with Crippen LogP contribution in [0.3, 0.4) is 0 Å². The van der Waals surface area contributed by atoms with E-state index >= 15 is 0 Å². The highest BCUT2D eigenvalue weighted by molar-refractivity contribution is 5.79. The zero-order valence-corrected chi connectivity index (χ0v) is 13.9. The Morgan fingerprint density at radius 2 is 2.10 bits per heavy atom. The molecule has 0 aromatic rings. The van der Waals surface area contributed by atoms with Gasteiger partial charge in [-0.3, -0.25) is 4.99 Å². The van der Waals surface area contributed by atoms with Crippen molar-refractivity contribution in [2.45, 2.75) is 46.5 Å². The maximum Gasteiger partial charge on any atom is 0.190 e. The molecule has 0 spiro atoms. The average Bonchev–Trinajstić information content (AvgIpc) is 2.89. The Kier molecular flexibility index (Phi) is 8.67. The summed E-state index contributed by atoms with van der Waals surface area (Å²) in [5.74, 6) is 2.55. The van der Waals surface area contributed by atoms with Crippen LogP contribution < -0.4 is 10.6 Å². The molecular weight excluding hydrogens is 248 g/mol. The van der Waals surface area contributed by atoms with Gasteiger partial charge in [-0.2, -0.15) is 0 Å². The van der Waals surface area contributed by atoms with Crippen LogP contribution >= 0.6 is 0 Å². The van der Waals surface area contributed by atoms with Gasteiger partial charge in [-0.25, -0.2) is 0 Å². The number of rotatable bonds is 8. The highest BCUT2D eigenvalue weighted by Gasteiger charge is 2.20. The average molecular weight is 282 g/mol. The lowest BCUT2D eigenvalue weighted by molar-refractivity contribution is 0.342. The molecule has 0 bridgehead atoms. The predicted octanol–water partition coefficient (Wildman–Crippen LogP) is 2.32. The van der Waals surface area contributed by atoms with Crippen molar-refractivity contribution in [2.75, 3.05) is 39.8 Å². The zero-order valence-electron chi connectivity index (χ0n) is 13.9. The van der Waals surface area contributed by atoms with Crippen LogP contribution in [0.2, 0.25) is 0 Å². The molecule has 2 N–H and O–H groups in total. The van der Waals surface area contributed by atoms with Gasteiger partial charge in [0.25, 0.3) is 0 Å². The number of hydrogen-bond donors (Lipinski definition) is 2. The summed E-state index contributed by atoms with van der Waals surface area (Å²) in [7, 11) is 1.86. The van der Waals surface area contributed by atoms with Gasteiger partial charge in [0.05, 0.1) is 0 Å². The largest absolute Gasteiger partial charge is 0.356 e. The monoisotopic (exact) mass is 282 g/mol. The molecule has 1 rings (SSSR count).